The van der Waals surface area contributed by atoms with Crippen molar-refractivity contribution >= 4 is 34.2 Å². The second kappa shape index (κ2) is 7.74. The zero-order valence-electron chi connectivity index (χ0n) is 18.1. The van der Waals surface area contributed by atoms with Crippen molar-refractivity contribution in [1.29, 1.82) is 0 Å². The molecule has 0 unspecified atom stereocenters. The molecule has 1 aliphatic heterocycles. The van der Waals surface area contributed by atoms with E-state index in [2.05, 4.69) is 0 Å². The standard InChI is InChI=1S/C26H19ClFNO4/c1-13-10-17-21(11-14(13)2)33-25-22(24(17)30)23(16-6-4-5-7-19(16)28)29(26(25)31)15-8-9-20(32-3)18(27)12-15/h4-12,23H,1-3H3/t23-/m0/s1. The van der Waals surface area contributed by atoms with E-state index in [0.29, 0.717) is 22.4 Å². The summed E-state index contributed by atoms with van der Waals surface area (Å²) < 4.78 is 26.2. The zero-order chi connectivity index (χ0) is 23.4. The van der Waals surface area contributed by atoms with Crippen molar-refractivity contribution in [3.63, 3.8) is 0 Å². The molecule has 5 rings (SSSR count). The minimum Gasteiger partial charge on any atom is -0.495 e. The SMILES string of the molecule is COc1ccc(N2C(=O)c3oc4cc(C)c(C)cc4c(=O)c3[C@@H]2c2ccccc2F)cc1Cl. The molecule has 3 aromatic carbocycles. The Morgan fingerprint density at radius 1 is 1.03 bits per heavy atom. The van der Waals surface area contributed by atoms with E-state index < -0.39 is 17.8 Å². The third-order valence-corrected chi connectivity index (χ3v) is 6.40. The number of anilines is 1. The van der Waals surface area contributed by atoms with Crippen molar-refractivity contribution in [2.45, 2.75) is 19.9 Å². The maximum atomic E-state index is 15.0. The number of carbonyl (C=O) groups is 1. The number of rotatable bonds is 3. The van der Waals surface area contributed by atoms with Crippen molar-refractivity contribution in [3.05, 3.63) is 104 Å². The van der Waals surface area contributed by atoms with E-state index in [-0.39, 0.29) is 27.3 Å². The van der Waals surface area contributed by atoms with Crippen LogP contribution in [0.2, 0.25) is 5.02 Å². The van der Waals surface area contributed by atoms with Crippen molar-refractivity contribution in [3.8, 4) is 5.75 Å². The highest BCUT2D eigenvalue weighted by Crippen LogP contribution is 2.43. The summed E-state index contributed by atoms with van der Waals surface area (Å²) in [6.07, 6.45) is 0. The average Bonchev–Trinajstić information content (AvgIpc) is 3.08. The van der Waals surface area contributed by atoms with Gasteiger partial charge in [-0.05, 0) is 61.4 Å². The number of carbonyl (C=O) groups excluding carboxylic acids is 1. The fourth-order valence-electron chi connectivity index (χ4n) is 4.29. The van der Waals surface area contributed by atoms with E-state index in [1.165, 1.54) is 18.1 Å². The minimum atomic E-state index is -1.01. The van der Waals surface area contributed by atoms with Crippen LogP contribution in [-0.2, 0) is 0 Å². The molecule has 1 atom stereocenters. The zero-order valence-corrected chi connectivity index (χ0v) is 18.9. The van der Waals surface area contributed by atoms with Gasteiger partial charge in [0, 0.05) is 11.3 Å². The summed E-state index contributed by atoms with van der Waals surface area (Å²) in [6.45, 7) is 3.80. The van der Waals surface area contributed by atoms with Crippen molar-refractivity contribution in [1.82, 2.24) is 0 Å². The normalized spacial score (nSPS) is 15.2. The second-order valence-corrected chi connectivity index (χ2v) is 8.43. The average molecular weight is 464 g/mol. The number of benzene rings is 3. The fraction of sp³-hybridized carbons (Fsp3) is 0.154. The first-order valence-corrected chi connectivity index (χ1v) is 10.7. The maximum absolute atomic E-state index is 15.0. The highest BCUT2D eigenvalue weighted by molar-refractivity contribution is 6.32. The van der Waals surface area contributed by atoms with Crippen LogP contribution in [0, 0.1) is 19.7 Å². The summed E-state index contributed by atoms with van der Waals surface area (Å²) in [6, 6.07) is 13.4. The van der Waals surface area contributed by atoms with Gasteiger partial charge in [-0.15, -0.1) is 0 Å². The molecule has 33 heavy (non-hydrogen) atoms. The smallest absolute Gasteiger partial charge is 0.295 e. The lowest BCUT2D eigenvalue weighted by molar-refractivity contribution is 0.0970. The molecule has 0 radical (unpaired) electrons. The van der Waals surface area contributed by atoms with Gasteiger partial charge in [0.15, 0.2) is 5.43 Å². The summed E-state index contributed by atoms with van der Waals surface area (Å²) in [7, 11) is 1.48. The number of amides is 1. The molecule has 7 heteroatoms. The van der Waals surface area contributed by atoms with Crippen LogP contribution in [0.25, 0.3) is 11.0 Å². The monoisotopic (exact) mass is 463 g/mol. The number of nitrogens with zero attached hydrogens (tertiary/aromatic N) is 1. The Kier molecular flexibility index (Phi) is 4.98. The van der Waals surface area contributed by atoms with Crippen LogP contribution in [-0.4, -0.2) is 13.0 Å². The van der Waals surface area contributed by atoms with Gasteiger partial charge in [-0.2, -0.15) is 0 Å². The van der Waals surface area contributed by atoms with Gasteiger partial charge in [-0.3, -0.25) is 14.5 Å². The molecule has 4 aromatic rings. The Morgan fingerprint density at radius 2 is 1.76 bits per heavy atom. The first-order valence-electron chi connectivity index (χ1n) is 10.3. The van der Waals surface area contributed by atoms with Gasteiger partial charge < -0.3 is 9.15 Å². The van der Waals surface area contributed by atoms with Gasteiger partial charge in [0.05, 0.1) is 29.1 Å². The number of hydrogen-bond donors (Lipinski definition) is 0. The molecule has 0 saturated heterocycles. The first-order chi connectivity index (χ1) is 15.8. The number of halogens is 2. The Morgan fingerprint density at radius 3 is 2.45 bits per heavy atom. The number of fused-ring (bicyclic) bond motifs is 2. The highest BCUT2D eigenvalue weighted by Gasteiger charge is 2.44. The number of ether oxygens (including phenoxy) is 1. The van der Waals surface area contributed by atoms with E-state index in [4.69, 9.17) is 20.8 Å². The molecule has 1 aliphatic rings. The number of methoxy groups -OCH3 is 1. The van der Waals surface area contributed by atoms with Crippen LogP contribution in [0.3, 0.4) is 0 Å². The quantitative estimate of drug-likeness (QED) is 0.376. The minimum absolute atomic E-state index is 0.101. The predicted octanol–water partition coefficient (Wildman–Crippen LogP) is 5.96. The summed E-state index contributed by atoms with van der Waals surface area (Å²) in [5.74, 6) is -0.752. The lowest BCUT2D eigenvalue weighted by atomic mass is 9.97. The largest absolute Gasteiger partial charge is 0.495 e. The summed E-state index contributed by atoms with van der Waals surface area (Å²) >= 11 is 6.32. The Balaban J connectivity index is 1.83. The van der Waals surface area contributed by atoms with Crippen molar-refractivity contribution < 1.29 is 18.3 Å². The fourth-order valence-corrected chi connectivity index (χ4v) is 4.54. The predicted molar refractivity (Wildman–Crippen MR) is 125 cm³/mol. The van der Waals surface area contributed by atoms with Gasteiger partial charge in [-0.1, -0.05) is 29.8 Å². The summed E-state index contributed by atoms with van der Waals surface area (Å²) in [5, 5.41) is 0.627. The third-order valence-electron chi connectivity index (χ3n) is 6.10. The third kappa shape index (κ3) is 3.21. The lowest BCUT2D eigenvalue weighted by Crippen LogP contribution is -2.30. The van der Waals surface area contributed by atoms with Gasteiger partial charge >= 0.3 is 0 Å². The number of hydrogen-bond acceptors (Lipinski definition) is 4. The molecule has 0 saturated carbocycles. The van der Waals surface area contributed by atoms with E-state index in [1.807, 2.05) is 13.8 Å². The van der Waals surface area contributed by atoms with Crippen molar-refractivity contribution in [2.24, 2.45) is 0 Å². The highest BCUT2D eigenvalue weighted by atomic mass is 35.5. The van der Waals surface area contributed by atoms with Crippen LogP contribution in [0.1, 0.15) is 38.9 Å². The molecule has 0 bridgehead atoms. The summed E-state index contributed by atoms with van der Waals surface area (Å²) in [4.78, 5) is 28.6. The van der Waals surface area contributed by atoms with Gasteiger partial charge in [0.25, 0.3) is 5.91 Å². The molecule has 0 aliphatic carbocycles. The van der Waals surface area contributed by atoms with Crippen LogP contribution in [0.4, 0.5) is 10.1 Å². The topological polar surface area (TPSA) is 59.8 Å². The molecule has 0 N–H and O–H groups in total. The van der Waals surface area contributed by atoms with Crippen LogP contribution < -0.4 is 15.1 Å². The van der Waals surface area contributed by atoms with E-state index >= 15 is 0 Å². The molecule has 1 amide bonds. The van der Waals surface area contributed by atoms with E-state index in [9.17, 15) is 14.0 Å². The molecular weight excluding hydrogens is 445 g/mol. The summed E-state index contributed by atoms with van der Waals surface area (Å²) in [5.41, 5.74) is 2.48. The Labute approximate surface area is 194 Å². The Bertz CT molecular complexity index is 1510. The van der Waals surface area contributed by atoms with Gasteiger partial charge in [0.1, 0.15) is 17.1 Å². The molecule has 1 aromatic heterocycles. The lowest BCUT2D eigenvalue weighted by Gasteiger charge is -2.26. The van der Waals surface area contributed by atoms with Crippen LogP contribution in [0.5, 0.6) is 5.75 Å². The van der Waals surface area contributed by atoms with Crippen LogP contribution in [0.15, 0.2) is 63.8 Å². The molecule has 166 valence electrons. The van der Waals surface area contributed by atoms with Crippen molar-refractivity contribution in [2.75, 3.05) is 12.0 Å². The van der Waals surface area contributed by atoms with E-state index in [0.717, 1.165) is 11.1 Å². The molecule has 0 fully saturated rings. The maximum Gasteiger partial charge on any atom is 0.295 e. The van der Waals surface area contributed by atoms with Gasteiger partial charge in [-0.25, -0.2) is 4.39 Å². The van der Waals surface area contributed by atoms with E-state index in [1.54, 1.807) is 48.5 Å². The second-order valence-electron chi connectivity index (χ2n) is 8.02. The van der Waals surface area contributed by atoms with Crippen LogP contribution >= 0.6 is 11.6 Å². The molecule has 2 heterocycles. The molecule has 5 nitrogen and oxygen atoms in total. The molecule has 0 spiro atoms. The molecular formula is C26H19ClFNO4. The Hall–Kier alpha value is -3.64. The van der Waals surface area contributed by atoms with Gasteiger partial charge in [0.2, 0.25) is 5.76 Å². The number of aryl methyl sites for hydroxylation is 2. The first kappa shape index (κ1) is 21.2.